The molecule has 8 heteroatoms. The van der Waals surface area contributed by atoms with Crippen LogP contribution in [0.1, 0.15) is 24.0 Å². The summed E-state index contributed by atoms with van der Waals surface area (Å²) in [6.45, 7) is 1.09. The third-order valence-corrected chi connectivity index (χ3v) is 4.57. The van der Waals surface area contributed by atoms with Crippen LogP contribution in [-0.4, -0.2) is 27.8 Å². The zero-order valence-electron chi connectivity index (χ0n) is 13.8. The molecule has 0 bridgehead atoms. The van der Waals surface area contributed by atoms with E-state index in [-0.39, 0.29) is 17.7 Å². The summed E-state index contributed by atoms with van der Waals surface area (Å²) in [5.74, 6) is 1.03. The summed E-state index contributed by atoms with van der Waals surface area (Å²) < 4.78 is 11.1. The molecule has 1 aliphatic heterocycles. The number of ether oxygens (including phenoxy) is 1. The highest BCUT2D eigenvalue weighted by atomic mass is 35.5. The van der Waals surface area contributed by atoms with Crippen LogP contribution in [0.25, 0.3) is 11.4 Å². The van der Waals surface area contributed by atoms with Crippen LogP contribution in [0.15, 0.2) is 51.9 Å². The number of nitrogens with zero attached hydrogens (tertiary/aromatic N) is 2. The largest absolute Gasteiger partial charge is 0.372 e. The number of aromatic amines is 1. The molecule has 0 spiro atoms. The van der Waals surface area contributed by atoms with Crippen molar-refractivity contribution in [2.24, 2.45) is 0 Å². The lowest BCUT2D eigenvalue weighted by molar-refractivity contribution is 0.0975. The second kappa shape index (κ2) is 7.41. The summed E-state index contributed by atoms with van der Waals surface area (Å²) in [5, 5.41) is 8.07. The van der Waals surface area contributed by atoms with Gasteiger partial charge in [0.15, 0.2) is 0 Å². The molecule has 1 saturated heterocycles. The first-order chi connectivity index (χ1) is 12.7. The summed E-state index contributed by atoms with van der Waals surface area (Å²) in [6, 6.07) is 10.7. The lowest BCUT2D eigenvalue weighted by Gasteiger charge is -2.19. The third-order valence-electron chi connectivity index (χ3n) is 4.31. The number of benzene rings is 1. The first-order valence-electron chi connectivity index (χ1n) is 8.31. The summed E-state index contributed by atoms with van der Waals surface area (Å²) in [4.78, 5) is 18.3. The van der Waals surface area contributed by atoms with E-state index in [0.717, 1.165) is 17.5 Å². The van der Waals surface area contributed by atoms with E-state index < -0.39 is 0 Å². The van der Waals surface area contributed by atoms with Gasteiger partial charge in [0.1, 0.15) is 0 Å². The Morgan fingerprint density at radius 1 is 1.23 bits per heavy atom. The molecule has 0 radical (unpaired) electrons. The highest BCUT2D eigenvalue weighted by molar-refractivity contribution is 6.30. The Kier molecular flexibility index (Phi) is 4.83. The zero-order valence-corrected chi connectivity index (χ0v) is 14.6. The molecular formula is C18H17ClN4O3. The normalized spacial score (nSPS) is 19.7. The molecule has 0 saturated carbocycles. The lowest BCUT2D eigenvalue weighted by Crippen LogP contribution is -2.31. The SMILES string of the molecule is O=c1ccc([C@@H]2OCC[C@H]2NCc2nc(-c3ccc(Cl)cc3)no2)c[nH]1. The Hall–Kier alpha value is -2.48. The fourth-order valence-electron chi connectivity index (χ4n) is 2.99. The molecule has 1 fully saturated rings. The molecule has 2 aromatic heterocycles. The predicted molar refractivity (Wildman–Crippen MR) is 95.7 cm³/mol. The van der Waals surface area contributed by atoms with Crippen molar-refractivity contribution >= 4 is 11.6 Å². The number of H-pyrrole nitrogens is 1. The van der Waals surface area contributed by atoms with E-state index in [4.69, 9.17) is 20.9 Å². The van der Waals surface area contributed by atoms with E-state index >= 15 is 0 Å². The van der Waals surface area contributed by atoms with Gasteiger partial charge in [-0.25, -0.2) is 0 Å². The molecule has 4 rings (SSSR count). The Morgan fingerprint density at radius 2 is 2.08 bits per heavy atom. The van der Waals surface area contributed by atoms with E-state index in [2.05, 4.69) is 20.4 Å². The van der Waals surface area contributed by atoms with Crippen LogP contribution in [0.3, 0.4) is 0 Å². The van der Waals surface area contributed by atoms with Crippen molar-refractivity contribution in [1.29, 1.82) is 0 Å². The van der Waals surface area contributed by atoms with E-state index in [1.54, 1.807) is 24.4 Å². The number of rotatable bonds is 5. The second-order valence-corrected chi connectivity index (χ2v) is 6.51. The van der Waals surface area contributed by atoms with Gasteiger partial charge in [-0.1, -0.05) is 16.8 Å². The minimum Gasteiger partial charge on any atom is -0.372 e. The Bertz CT molecular complexity index is 918. The quantitative estimate of drug-likeness (QED) is 0.715. The average Bonchev–Trinajstić information content (AvgIpc) is 3.30. The number of aromatic nitrogens is 3. The molecule has 0 aliphatic carbocycles. The molecule has 0 unspecified atom stereocenters. The van der Waals surface area contributed by atoms with Gasteiger partial charge in [0.05, 0.1) is 12.6 Å². The molecule has 3 heterocycles. The molecular weight excluding hydrogens is 356 g/mol. The van der Waals surface area contributed by atoms with Crippen molar-refractivity contribution in [2.45, 2.75) is 25.1 Å². The third kappa shape index (κ3) is 3.70. The van der Waals surface area contributed by atoms with Gasteiger partial charge in [-0.3, -0.25) is 4.79 Å². The number of pyridine rings is 1. The maximum absolute atomic E-state index is 11.2. The standard InChI is InChI=1S/C18H17ClN4O3/c19-13-4-1-11(2-5-13)18-22-16(26-23-18)10-20-14-7-8-25-17(14)12-3-6-15(24)21-9-12/h1-6,9,14,17,20H,7-8,10H2,(H,21,24)/t14-,17+/m1/s1. The van der Waals surface area contributed by atoms with Gasteiger partial charge in [-0.15, -0.1) is 0 Å². The molecule has 1 aliphatic rings. The number of hydrogen-bond donors (Lipinski definition) is 2. The fourth-order valence-corrected chi connectivity index (χ4v) is 3.11. The van der Waals surface area contributed by atoms with Crippen molar-refractivity contribution < 1.29 is 9.26 Å². The highest BCUT2D eigenvalue weighted by Crippen LogP contribution is 2.28. The molecule has 3 aromatic rings. The van der Waals surface area contributed by atoms with Gasteiger partial charge < -0.3 is 19.6 Å². The molecule has 1 aromatic carbocycles. The summed E-state index contributed by atoms with van der Waals surface area (Å²) in [7, 11) is 0. The molecule has 134 valence electrons. The van der Waals surface area contributed by atoms with E-state index in [1.165, 1.54) is 6.07 Å². The van der Waals surface area contributed by atoms with E-state index in [9.17, 15) is 4.79 Å². The number of hydrogen-bond acceptors (Lipinski definition) is 6. The topological polar surface area (TPSA) is 93.0 Å². The number of nitrogens with one attached hydrogen (secondary N) is 2. The van der Waals surface area contributed by atoms with Crippen molar-refractivity contribution in [3.8, 4) is 11.4 Å². The second-order valence-electron chi connectivity index (χ2n) is 6.07. The summed E-state index contributed by atoms with van der Waals surface area (Å²) in [6.07, 6.45) is 2.44. The van der Waals surface area contributed by atoms with Crippen LogP contribution in [0.2, 0.25) is 5.02 Å². The van der Waals surface area contributed by atoms with Crippen molar-refractivity contribution in [3.63, 3.8) is 0 Å². The van der Waals surface area contributed by atoms with Gasteiger partial charge in [0.2, 0.25) is 17.3 Å². The maximum Gasteiger partial charge on any atom is 0.247 e. The minimum absolute atomic E-state index is 0.104. The van der Waals surface area contributed by atoms with Gasteiger partial charge >= 0.3 is 0 Å². The Labute approximate surface area is 154 Å². The Balaban J connectivity index is 1.41. The van der Waals surface area contributed by atoms with Crippen LogP contribution in [-0.2, 0) is 11.3 Å². The van der Waals surface area contributed by atoms with Crippen LogP contribution >= 0.6 is 11.6 Å². The van der Waals surface area contributed by atoms with Crippen LogP contribution in [0, 0.1) is 0 Å². The van der Waals surface area contributed by atoms with Crippen LogP contribution in [0.4, 0.5) is 0 Å². The van der Waals surface area contributed by atoms with Crippen LogP contribution < -0.4 is 10.9 Å². The van der Waals surface area contributed by atoms with Gasteiger partial charge in [-0.2, -0.15) is 4.98 Å². The first kappa shape index (κ1) is 17.0. The number of halogens is 1. The average molecular weight is 373 g/mol. The van der Waals surface area contributed by atoms with Crippen molar-refractivity contribution in [2.75, 3.05) is 6.61 Å². The Morgan fingerprint density at radius 3 is 2.85 bits per heavy atom. The highest BCUT2D eigenvalue weighted by Gasteiger charge is 2.29. The van der Waals surface area contributed by atoms with E-state index in [1.807, 2.05) is 12.1 Å². The van der Waals surface area contributed by atoms with Gasteiger partial charge in [0, 0.05) is 35.5 Å². The maximum atomic E-state index is 11.2. The fraction of sp³-hybridized carbons (Fsp3) is 0.278. The molecule has 2 N–H and O–H groups in total. The monoisotopic (exact) mass is 372 g/mol. The lowest BCUT2D eigenvalue weighted by atomic mass is 10.0. The summed E-state index contributed by atoms with van der Waals surface area (Å²) >= 11 is 5.89. The zero-order chi connectivity index (χ0) is 17.9. The summed E-state index contributed by atoms with van der Waals surface area (Å²) in [5.41, 5.74) is 1.66. The van der Waals surface area contributed by atoms with Crippen molar-refractivity contribution in [1.82, 2.24) is 20.4 Å². The molecule has 26 heavy (non-hydrogen) atoms. The van der Waals surface area contributed by atoms with Gasteiger partial charge in [-0.05, 0) is 42.3 Å². The van der Waals surface area contributed by atoms with E-state index in [0.29, 0.717) is 29.9 Å². The molecule has 0 amide bonds. The smallest absolute Gasteiger partial charge is 0.247 e. The predicted octanol–water partition coefficient (Wildman–Crippen LogP) is 2.70. The molecule has 2 atom stereocenters. The molecule has 7 nitrogen and oxygen atoms in total. The van der Waals surface area contributed by atoms with Crippen LogP contribution in [0.5, 0.6) is 0 Å². The first-order valence-corrected chi connectivity index (χ1v) is 8.69. The van der Waals surface area contributed by atoms with Crippen molar-refractivity contribution in [3.05, 3.63) is 69.4 Å². The van der Waals surface area contributed by atoms with Gasteiger partial charge in [0.25, 0.3) is 0 Å². The minimum atomic E-state index is -0.128.